The molecule has 0 aliphatic heterocycles. The molecule has 94 valence electrons. The summed E-state index contributed by atoms with van der Waals surface area (Å²) in [5.74, 6) is 0. The maximum absolute atomic E-state index is 10.2. The molecule has 0 saturated heterocycles. The summed E-state index contributed by atoms with van der Waals surface area (Å²) in [5, 5.41) is 10.2. The lowest BCUT2D eigenvalue weighted by atomic mass is 9.75. The Kier molecular flexibility index (Phi) is 2.52. The number of hydrogen-bond donors (Lipinski definition) is 1. The van der Waals surface area contributed by atoms with Crippen LogP contribution in [0.4, 0.5) is 0 Å². The van der Waals surface area contributed by atoms with Crippen LogP contribution in [-0.2, 0) is 6.42 Å². The average molecular weight is 242 g/mol. The van der Waals surface area contributed by atoms with E-state index in [9.17, 15) is 5.11 Å². The van der Waals surface area contributed by atoms with Crippen LogP contribution in [0.15, 0.2) is 36.8 Å². The van der Waals surface area contributed by atoms with E-state index in [0.717, 1.165) is 24.1 Å². The molecule has 0 aromatic carbocycles. The minimum Gasteiger partial charge on any atom is -0.388 e. The Morgan fingerprint density at radius 1 is 1.39 bits per heavy atom. The molecule has 2 heterocycles. The van der Waals surface area contributed by atoms with Crippen LogP contribution in [0.5, 0.6) is 0 Å². The second-order valence-corrected chi connectivity index (χ2v) is 5.86. The van der Waals surface area contributed by atoms with Gasteiger partial charge < -0.3 is 9.67 Å². The van der Waals surface area contributed by atoms with Gasteiger partial charge in [0, 0.05) is 23.7 Å². The van der Waals surface area contributed by atoms with Crippen LogP contribution in [0, 0.1) is 5.41 Å². The lowest BCUT2D eigenvalue weighted by Crippen LogP contribution is -2.26. The van der Waals surface area contributed by atoms with Crippen LogP contribution < -0.4 is 0 Å². The SMILES string of the molecule is CC1(C)Cc2c(ccn2-c2cccnc2)C(O)C1. The molecule has 3 heteroatoms. The quantitative estimate of drug-likeness (QED) is 0.835. The fourth-order valence-electron chi connectivity index (χ4n) is 2.87. The van der Waals surface area contributed by atoms with Crippen molar-refractivity contribution >= 4 is 0 Å². The largest absolute Gasteiger partial charge is 0.388 e. The van der Waals surface area contributed by atoms with E-state index >= 15 is 0 Å². The molecule has 2 aromatic heterocycles. The number of nitrogens with zero attached hydrogens (tertiary/aromatic N) is 2. The van der Waals surface area contributed by atoms with E-state index in [4.69, 9.17) is 0 Å². The van der Waals surface area contributed by atoms with E-state index in [1.807, 2.05) is 30.6 Å². The third-order valence-corrected chi connectivity index (χ3v) is 3.70. The second-order valence-electron chi connectivity index (χ2n) is 5.86. The summed E-state index contributed by atoms with van der Waals surface area (Å²) in [6.07, 6.45) is 7.14. The normalized spacial score (nSPS) is 21.6. The van der Waals surface area contributed by atoms with Gasteiger partial charge in [0.15, 0.2) is 0 Å². The Labute approximate surface area is 107 Å². The summed E-state index contributed by atoms with van der Waals surface area (Å²) in [7, 11) is 0. The highest BCUT2D eigenvalue weighted by Crippen LogP contribution is 2.41. The summed E-state index contributed by atoms with van der Waals surface area (Å²) < 4.78 is 2.15. The smallest absolute Gasteiger partial charge is 0.0812 e. The number of fused-ring (bicyclic) bond motifs is 1. The lowest BCUT2D eigenvalue weighted by molar-refractivity contribution is 0.0987. The Morgan fingerprint density at radius 2 is 2.22 bits per heavy atom. The van der Waals surface area contributed by atoms with E-state index in [-0.39, 0.29) is 11.5 Å². The van der Waals surface area contributed by atoms with Crippen molar-refractivity contribution in [1.82, 2.24) is 9.55 Å². The van der Waals surface area contributed by atoms with Crippen molar-refractivity contribution in [3.63, 3.8) is 0 Å². The third-order valence-electron chi connectivity index (χ3n) is 3.70. The van der Waals surface area contributed by atoms with Gasteiger partial charge in [-0.25, -0.2) is 0 Å². The molecule has 0 radical (unpaired) electrons. The van der Waals surface area contributed by atoms with Crippen molar-refractivity contribution in [2.45, 2.75) is 32.8 Å². The number of aliphatic hydroxyl groups excluding tert-OH is 1. The first kappa shape index (κ1) is 11.5. The molecular formula is C15H18N2O. The van der Waals surface area contributed by atoms with Gasteiger partial charge in [-0.1, -0.05) is 13.8 Å². The number of pyridine rings is 1. The van der Waals surface area contributed by atoms with E-state index in [2.05, 4.69) is 23.4 Å². The summed E-state index contributed by atoms with van der Waals surface area (Å²) >= 11 is 0. The Balaban J connectivity index is 2.10. The van der Waals surface area contributed by atoms with E-state index in [0.29, 0.717) is 0 Å². The minimum atomic E-state index is -0.346. The molecule has 0 fully saturated rings. The van der Waals surface area contributed by atoms with Gasteiger partial charge in [0.1, 0.15) is 0 Å². The minimum absolute atomic E-state index is 0.144. The molecule has 1 N–H and O–H groups in total. The van der Waals surface area contributed by atoms with Crippen LogP contribution in [0.3, 0.4) is 0 Å². The highest BCUT2D eigenvalue weighted by molar-refractivity contribution is 5.39. The molecule has 0 saturated carbocycles. The van der Waals surface area contributed by atoms with Crippen molar-refractivity contribution in [1.29, 1.82) is 0 Å². The summed E-state index contributed by atoms with van der Waals surface area (Å²) in [5.41, 5.74) is 3.48. The first-order chi connectivity index (χ1) is 8.57. The van der Waals surface area contributed by atoms with E-state index < -0.39 is 0 Å². The van der Waals surface area contributed by atoms with Gasteiger partial charge in [0.25, 0.3) is 0 Å². The van der Waals surface area contributed by atoms with Crippen LogP contribution >= 0.6 is 0 Å². The summed E-state index contributed by atoms with van der Waals surface area (Å²) in [6.45, 7) is 4.42. The number of aliphatic hydroxyl groups is 1. The van der Waals surface area contributed by atoms with Crippen molar-refractivity contribution in [3.8, 4) is 5.69 Å². The fraction of sp³-hybridized carbons (Fsp3) is 0.400. The van der Waals surface area contributed by atoms with Crippen LogP contribution in [0.1, 0.15) is 37.6 Å². The summed E-state index contributed by atoms with van der Waals surface area (Å²) in [6, 6.07) is 6.01. The molecule has 3 nitrogen and oxygen atoms in total. The van der Waals surface area contributed by atoms with Gasteiger partial charge >= 0.3 is 0 Å². The van der Waals surface area contributed by atoms with Gasteiger partial charge in [0.2, 0.25) is 0 Å². The highest BCUT2D eigenvalue weighted by atomic mass is 16.3. The zero-order valence-electron chi connectivity index (χ0n) is 10.8. The van der Waals surface area contributed by atoms with Crippen molar-refractivity contribution < 1.29 is 5.11 Å². The first-order valence-corrected chi connectivity index (χ1v) is 6.35. The predicted molar refractivity (Wildman–Crippen MR) is 70.6 cm³/mol. The monoisotopic (exact) mass is 242 g/mol. The molecule has 3 rings (SSSR count). The number of rotatable bonds is 1. The van der Waals surface area contributed by atoms with E-state index in [1.54, 1.807) is 6.20 Å². The van der Waals surface area contributed by atoms with Gasteiger partial charge in [-0.2, -0.15) is 0 Å². The maximum Gasteiger partial charge on any atom is 0.0812 e. The number of aromatic nitrogens is 2. The first-order valence-electron chi connectivity index (χ1n) is 6.35. The lowest BCUT2D eigenvalue weighted by Gasteiger charge is -2.33. The topological polar surface area (TPSA) is 38.0 Å². The van der Waals surface area contributed by atoms with Crippen LogP contribution in [-0.4, -0.2) is 14.7 Å². The number of hydrogen-bond acceptors (Lipinski definition) is 2. The molecular weight excluding hydrogens is 224 g/mol. The Bertz CT molecular complexity index is 557. The van der Waals surface area contributed by atoms with Crippen molar-refractivity contribution in [3.05, 3.63) is 48.0 Å². The maximum atomic E-state index is 10.2. The van der Waals surface area contributed by atoms with Gasteiger partial charge in [0.05, 0.1) is 18.0 Å². The van der Waals surface area contributed by atoms with Gasteiger partial charge in [-0.3, -0.25) is 4.98 Å². The van der Waals surface area contributed by atoms with E-state index in [1.165, 1.54) is 5.69 Å². The fourth-order valence-corrected chi connectivity index (χ4v) is 2.87. The zero-order chi connectivity index (χ0) is 12.8. The standard InChI is InChI=1S/C15H18N2O/c1-15(2)8-13-12(14(18)9-15)5-7-17(13)11-4-3-6-16-10-11/h3-7,10,14,18H,8-9H2,1-2H3. The molecule has 2 aromatic rings. The zero-order valence-corrected chi connectivity index (χ0v) is 10.8. The van der Waals surface area contributed by atoms with Gasteiger partial charge in [-0.15, -0.1) is 0 Å². The summed E-state index contributed by atoms with van der Waals surface area (Å²) in [4.78, 5) is 4.16. The highest BCUT2D eigenvalue weighted by Gasteiger charge is 2.33. The van der Waals surface area contributed by atoms with Crippen LogP contribution in [0.2, 0.25) is 0 Å². The predicted octanol–water partition coefficient (Wildman–Crippen LogP) is 2.88. The molecule has 1 aliphatic rings. The Morgan fingerprint density at radius 3 is 2.94 bits per heavy atom. The van der Waals surface area contributed by atoms with Crippen molar-refractivity contribution in [2.75, 3.05) is 0 Å². The molecule has 0 amide bonds. The second kappa shape index (κ2) is 3.95. The third kappa shape index (κ3) is 1.85. The average Bonchev–Trinajstić information content (AvgIpc) is 2.72. The molecule has 1 unspecified atom stereocenters. The van der Waals surface area contributed by atoms with Crippen LogP contribution in [0.25, 0.3) is 5.69 Å². The molecule has 18 heavy (non-hydrogen) atoms. The molecule has 1 aliphatic carbocycles. The molecule has 0 spiro atoms. The molecule has 0 bridgehead atoms. The van der Waals surface area contributed by atoms with Gasteiger partial charge in [-0.05, 0) is 36.5 Å². The van der Waals surface area contributed by atoms with Crippen molar-refractivity contribution in [2.24, 2.45) is 5.41 Å². The molecule has 1 atom stereocenters. The Hall–Kier alpha value is -1.61.